The molecule has 88 valence electrons. The first-order valence-electron chi connectivity index (χ1n) is 5.63. The van der Waals surface area contributed by atoms with Gasteiger partial charge in [0, 0.05) is 23.1 Å². The van der Waals surface area contributed by atoms with E-state index in [1.165, 1.54) is 12.1 Å². The summed E-state index contributed by atoms with van der Waals surface area (Å²) in [5, 5.41) is 13.1. The quantitative estimate of drug-likeness (QED) is 0.473. The summed E-state index contributed by atoms with van der Waals surface area (Å²) in [6, 6.07) is 16.9. The Labute approximate surface area is 104 Å². The molecule has 0 aliphatic carbocycles. The number of aromatic nitrogens is 1. The molecule has 2 nitrogen and oxygen atoms in total. The van der Waals surface area contributed by atoms with Crippen LogP contribution in [0.4, 0.5) is 4.39 Å². The van der Waals surface area contributed by atoms with Gasteiger partial charge < -0.3 is 5.21 Å². The zero-order valence-corrected chi connectivity index (χ0v) is 9.51. The fourth-order valence-corrected chi connectivity index (χ4v) is 2.01. The minimum atomic E-state index is -0.308. The van der Waals surface area contributed by atoms with E-state index in [1.807, 2.05) is 24.3 Å². The van der Waals surface area contributed by atoms with Crippen LogP contribution in [0.25, 0.3) is 22.2 Å². The Morgan fingerprint density at radius 2 is 1.56 bits per heavy atom. The van der Waals surface area contributed by atoms with Gasteiger partial charge in [-0.15, -0.1) is 0 Å². The molecule has 0 fully saturated rings. The molecule has 0 amide bonds. The van der Waals surface area contributed by atoms with Crippen LogP contribution in [0, 0.1) is 11.0 Å². The molecule has 3 aromatic rings. The van der Waals surface area contributed by atoms with Crippen LogP contribution < -0.4 is 4.73 Å². The number of pyridine rings is 1. The summed E-state index contributed by atoms with van der Waals surface area (Å²) >= 11 is 0. The molecule has 1 aromatic heterocycles. The Balaban J connectivity index is 2.24. The van der Waals surface area contributed by atoms with E-state index in [4.69, 9.17) is 0 Å². The van der Waals surface area contributed by atoms with Crippen molar-refractivity contribution in [1.29, 1.82) is 0 Å². The molecule has 0 saturated heterocycles. The molecule has 2 aromatic carbocycles. The first-order valence-corrected chi connectivity index (χ1v) is 5.63. The van der Waals surface area contributed by atoms with Crippen molar-refractivity contribution in [1.82, 2.24) is 0 Å². The molecule has 0 bridgehead atoms. The van der Waals surface area contributed by atoms with Gasteiger partial charge in [-0.1, -0.05) is 12.1 Å². The molecule has 0 aliphatic heterocycles. The summed E-state index contributed by atoms with van der Waals surface area (Å²) in [6.07, 6.45) is 0. The highest BCUT2D eigenvalue weighted by atomic mass is 19.1. The normalized spacial score (nSPS) is 10.7. The van der Waals surface area contributed by atoms with E-state index in [-0.39, 0.29) is 5.82 Å². The van der Waals surface area contributed by atoms with Crippen molar-refractivity contribution >= 4 is 10.9 Å². The van der Waals surface area contributed by atoms with Gasteiger partial charge in [0.1, 0.15) is 5.82 Å². The third-order valence-electron chi connectivity index (χ3n) is 2.94. The van der Waals surface area contributed by atoms with Gasteiger partial charge in [0.05, 0.1) is 0 Å². The van der Waals surface area contributed by atoms with E-state index in [0.717, 1.165) is 10.1 Å². The minimum absolute atomic E-state index is 0.308. The second-order valence-corrected chi connectivity index (χ2v) is 4.08. The van der Waals surface area contributed by atoms with Crippen LogP contribution in [0.1, 0.15) is 0 Å². The average molecular weight is 239 g/mol. The number of benzene rings is 2. The molecule has 0 saturated carbocycles. The number of hydrogen-bond acceptors (Lipinski definition) is 1. The molecule has 0 spiro atoms. The van der Waals surface area contributed by atoms with Crippen molar-refractivity contribution in [2.75, 3.05) is 0 Å². The minimum Gasteiger partial charge on any atom is -0.618 e. The lowest BCUT2D eigenvalue weighted by atomic mass is 10.1. The highest BCUT2D eigenvalue weighted by Crippen LogP contribution is 2.19. The molecule has 0 atom stereocenters. The van der Waals surface area contributed by atoms with Crippen LogP contribution in [0.15, 0.2) is 60.7 Å². The molecule has 3 rings (SSSR count). The fraction of sp³-hybridized carbons (Fsp3) is 0. The third kappa shape index (κ3) is 1.70. The molecular weight excluding hydrogens is 229 g/mol. The molecule has 1 heterocycles. The Hall–Kier alpha value is -2.42. The van der Waals surface area contributed by atoms with Crippen LogP contribution >= 0.6 is 0 Å². The van der Waals surface area contributed by atoms with Crippen LogP contribution in [0.3, 0.4) is 0 Å². The van der Waals surface area contributed by atoms with Crippen molar-refractivity contribution in [2.24, 2.45) is 0 Å². The lowest BCUT2D eigenvalue weighted by Crippen LogP contribution is -2.29. The Kier molecular flexibility index (Phi) is 2.45. The number of fused-ring (bicyclic) bond motifs is 1. The highest BCUT2D eigenvalue weighted by Gasteiger charge is 2.11. The van der Waals surface area contributed by atoms with E-state index in [2.05, 4.69) is 0 Å². The molecular formula is C15H10FNO. The van der Waals surface area contributed by atoms with Gasteiger partial charge in [-0.2, -0.15) is 4.73 Å². The van der Waals surface area contributed by atoms with Crippen molar-refractivity contribution in [3.63, 3.8) is 0 Å². The van der Waals surface area contributed by atoms with Crippen molar-refractivity contribution in [2.45, 2.75) is 0 Å². The van der Waals surface area contributed by atoms with E-state index >= 15 is 0 Å². The SMILES string of the molecule is [O-][n+]1c(-c2ccc(F)cc2)ccc2ccccc21. The first kappa shape index (κ1) is 10.7. The molecule has 18 heavy (non-hydrogen) atoms. The van der Waals surface area contributed by atoms with E-state index in [0.29, 0.717) is 16.8 Å². The summed E-state index contributed by atoms with van der Waals surface area (Å²) in [5.74, 6) is -0.308. The second kappa shape index (κ2) is 4.11. The summed E-state index contributed by atoms with van der Waals surface area (Å²) in [7, 11) is 0. The summed E-state index contributed by atoms with van der Waals surface area (Å²) in [5.41, 5.74) is 1.84. The van der Waals surface area contributed by atoms with Crippen molar-refractivity contribution in [3.05, 3.63) is 71.7 Å². The average Bonchev–Trinajstić information content (AvgIpc) is 2.41. The first-order chi connectivity index (χ1) is 8.75. The van der Waals surface area contributed by atoms with Crippen molar-refractivity contribution in [3.8, 4) is 11.3 Å². The Morgan fingerprint density at radius 3 is 2.33 bits per heavy atom. The highest BCUT2D eigenvalue weighted by molar-refractivity contribution is 5.77. The predicted octanol–water partition coefficient (Wildman–Crippen LogP) is 3.28. The van der Waals surface area contributed by atoms with Crippen LogP contribution in [0.2, 0.25) is 0 Å². The monoisotopic (exact) mass is 239 g/mol. The lowest BCUT2D eigenvalue weighted by molar-refractivity contribution is -0.565. The number of hydrogen-bond donors (Lipinski definition) is 0. The standard InChI is InChI=1S/C15H10FNO/c16-13-8-5-12(6-9-13)15-10-7-11-3-1-2-4-14(11)17(15)18/h1-10H. The summed E-state index contributed by atoms with van der Waals surface area (Å²) in [6.45, 7) is 0. The predicted molar refractivity (Wildman–Crippen MR) is 68.3 cm³/mol. The molecule has 0 radical (unpaired) electrons. The number of halogens is 1. The number of para-hydroxylation sites is 1. The number of nitrogens with zero attached hydrogens (tertiary/aromatic N) is 1. The molecule has 0 unspecified atom stereocenters. The van der Waals surface area contributed by atoms with Crippen LogP contribution in [-0.2, 0) is 0 Å². The van der Waals surface area contributed by atoms with Gasteiger partial charge in [-0.3, -0.25) is 0 Å². The van der Waals surface area contributed by atoms with E-state index in [9.17, 15) is 9.60 Å². The zero-order chi connectivity index (χ0) is 12.5. The smallest absolute Gasteiger partial charge is 0.224 e. The Morgan fingerprint density at radius 1 is 0.833 bits per heavy atom. The second-order valence-electron chi connectivity index (χ2n) is 4.08. The largest absolute Gasteiger partial charge is 0.618 e. The molecule has 0 N–H and O–H groups in total. The maximum atomic E-state index is 12.9. The van der Waals surface area contributed by atoms with Crippen LogP contribution in [0.5, 0.6) is 0 Å². The summed E-state index contributed by atoms with van der Waals surface area (Å²) < 4.78 is 13.7. The maximum absolute atomic E-state index is 12.9. The maximum Gasteiger partial charge on any atom is 0.224 e. The van der Waals surface area contributed by atoms with Gasteiger partial charge in [0.15, 0.2) is 0 Å². The topological polar surface area (TPSA) is 26.9 Å². The fourth-order valence-electron chi connectivity index (χ4n) is 2.01. The van der Waals surface area contributed by atoms with Gasteiger partial charge in [0.25, 0.3) is 0 Å². The van der Waals surface area contributed by atoms with Gasteiger partial charge in [0.2, 0.25) is 11.2 Å². The van der Waals surface area contributed by atoms with Gasteiger partial charge in [-0.05, 0) is 36.4 Å². The summed E-state index contributed by atoms with van der Waals surface area (Å²) in [4.78, 5) is 0. The van der Waals surface area contributed by atoms with E-state index in [1.54, 1.807) is 24.3 Å². The van der Waals surface area contributed by atoms with Crippen molar-refractivity contribution < 1.29 is 9.12 Å². The Bertz CT molecular complexity index is 707. The van der Waals surface area contributed by atoms with Gasteiger partial charge >= 0.3 is 0 Å². The third-order valence-corrected chi connectivity index (χ3v) is 2.94. The van der Waals surface area contributed by atoms with E-state index < -0.39 is 0 Å². The number of rotatable bonds is 1. The molecule has 0 aliphatic rings. The van der Waals surface area contributed by atoms with Crippen LogP contribution in [-0.4, -0.2) is 0 Å². The lowest BCUT2D eigenvalue weighted by Gasteiger charge is -2.07. The zero-order valence-electron chi connectivity index (χ0n) is 9.51. The molecule has 3 heteroatoms. The van der Waals surface area contributed by atoms with Gasteiger partial charge in [-0.25, -0.2) is 4.39 Å².